The predicted molar refractivity (Wildman–Crippen MR) is 110 cm³/mol. The van der Waals surface area contributed by atoms with E-state index in [0.717, 1.165) is 36.8 Å². The van der Waals surface area contributed by atoms with Crippen molar-refractivity contribution in [1.82, 2.24) is 10.6 Å². The van der Waals surface area contributed by atoms with Gasteiger partial charge in [0.05, 0.1) is 0 Å². The standard InChI is InChI=1S/C23H28N2O4/c1-15(26)14-16-8-10-17(11-9-16)19-12-13-20(29-19)22(27)25-21(23(28)24-2)18-6-4-3-5-7-18/h8-13,18,21H,3-7,14H2,1-2H3,(H,24,28)(H,25,27)/t21-/m0/s1. The summed E-state index contributed by atoms with van der Waals surface area (Å²) in [5.41, 5.74) is 1.76. The fourth-order valence-electron chi connectivity index (χ4n) is 3.92. The molecule has 3 rings (SSSR count). The lowest BCUT2D eigenvalue weighted by molar-refractivity contribution is -0.124. The summed E-state index contributed by atoms with van der Waals surface area (Å²) in [6.07, 6.45) is 5.62. The minimum Gasteiger partial charge on any atom is -0.451 e. The average molecular weight is 396 g/mol. The number of ketones is 1. The summed E-state index contributed by atoms with van der Waals surface area (Å²) < 4.78 is 5.74. The Kier molecular flexibility index (Phi) is 6.86. The maximum Gasteiger partial charge on any atom is 0.287 e. The molecule has 1 atom stereocenters. The number of amides is 2. The lowest BCUT2D eigenvalue weighted by Gasteiger charge is -2.29. The van der Waals surface area contributed by atoms with Crippen molar-refractivity contribution in [2.75, 3.05) is 7.05 Å². The van der Waals surface area contributed by atoms with E-state index in [0.29, 0.717) is 12.2 Å². The van der Waals surface area contributed by atoms with Crippen LogP contribution in [0, 0.1) is 5.92 Å². The van der Waals surface area contributed by atoms with Gasteiger partial charge in [0.15, 0.2) is 5.76 Å². The van der Waals surface area contributed by atoms with Crippen LogP contribution in [0.2, 0.25) is 0 Å². The van der Waals surface area contributed by atoms with Gasteiger partial charge in [-0.05, 0) is 43.4 Å². The van der Waals surface area contributed by atoms with Crippen LogP contribution in [0.1, 0.15) is 55.1 Å². The van der Waals surface area contributed by atoms with Crippen molar-refractivity contribution in [3.63, 3.8) is 0 Å². The Morgan fingerprint density at radius 1 is 1.03 bits per heavy atom. The van der Waals surface area contributed by atoms with Gasteiger partial charge in [0.25, 0.3) is 5.91 Å². The van der Waals surface area contributed by atoms with Crippen LogP contribution in [-0.2, 0) is 16.0 Å². The van der Waals surface area contributed by atoms with Gasteiger partial charge in [0.1, 0.15) is 17.6 Å². The second kappa shape index (κ2) is 9.54. The van der Waals surface area contributed by atoms with Gasteiger partial charge in [0.2, 0.25) is 5.91 Å². The van der Waals surface area contributed by atoms with Crippen molar-refractivity contribution in [3.05, 3.63) is 47.7 Å². The molecule has 1 aliphatic carbocycles. The minimum absolute atomic E-state index is 0.110. The molecule has 0 spiro atoms. The highest BCUT2D eigenvalue weighted by Crippen LogP contribution is 2.27. The first kappa shape index (κ1) is 20.8. The van der Waals surface area contributed by atoms with Crippen molar-refractivity contribution in [1.29, 1.82) is 0 Å². The first-order valence-electron chi connectivity index (χ1n) is 10.2. The summed E-state index contributed by atoms with van der Waals surface area (Å²) in [6, 6.07) is 10.3. The Labute approximate surface area is 171 Å². The van der Waals surface area contributed by atoms with Gasteiger partial charge in [-0.15, -0.1) is 0 Å². The van der Waals surface area contributed by atoms with Gasteiger partial charge < -0.3 is 15.1 Å². The summed E-state index contributed by atoms with van der Waals surface area (Å²) in [6.45, 7) is 1.56. The molecule has 29 heavy (non-hydrogen) atoms. The molecule has 154 valence electrons. The third kappa shape index (κ3) is 5.34. The topological polar surface area (TPSA) is 88.4 Å². The van der Waals surface area contributed by atoms with Crippen LogP contribution in [0.25, 0.3) is 11.3 Å². The minimum atomic E-state index is -0.549. The molecule has 2 aromatic rings. The van der Waals surface area contributed by atoms with E-state index >= 15 is 0 Å². The van der Waals surface area contributed by atoms with E-state index in [4.69, 9.17) is 4.42 Å². The summed E-state index contributed by atoms with van der Waals surface area (Å²) >= 11 is 0. The largest absolute Gasteiger partial charge is 0.451 e. The van der Waals surface area contributed by atoms with Crippen LogP contribution in [0.5, 0.6) is 0 Å². The molecule has 1 saturated carbocycles. The fraction of sp³-hybridized carbons (Fsp3) is 0.435. The summed E-state index contributed by atoms with van der Waals surface area (Å²) in [7, 11) is 1.59. The molecule has 0 aliphatic heterocycles. The van der Waals surface area contributed by atoms with Crippen molar-refractivity contribution < 1.29 is 18.8 Å². The maximum atomic E-state index is 12.7. The second-order valence-electron chi connectivity index (χ2n) is 7.70. The number of rotatable bonds is 7. The molecule has 6 nitrogen and oxygen atoms in total. The lowest BCUT2D eigenvalue weighted by Crippen LogP contribution is -2.50. The van der Waals surface area contributed by atoms with Crippen LogP contribution in [0.4, 0.5) is 0 Å². The zero-order valence-corrected chi connectivity index (χ0v) is 17.0. The van der Waals surface area contributed by atoms with E-state index < -0.39 is 6.04 Å². The third-order valence-electron chi connectivity index (χ3n) is 5.46. The summed E-state index contributed by atoms with van der Waals surface area (Å²) in [5.74, 6) is 0.451. The number of likely N-dealkylation sites (N-methyl/N-ethyl adjacent to an activating group) is 1. The van der Waals surface area contributed by atoms with Gasteiger partial charge in [0, 0.05) is 19.0 Å². The van der Waals surface area contributed by atoms with E-state index in [1.165, 1.54) is 6.42 Å². The van der Waals surface area contributed by atoms with Gasteiger partial charge in [-0.25, -0.2) is 0 Å². The molecule has 1 fully saturated rings. The van der Waals surface area contributed by atoms with Crippen molar-refractivity contribution in [2.24, 2.45) is 5.92 Å². The van der Waals surface area contributed by atoms with Gasteiger partial charge in [-0.2, -0.15) is 0 Å². The van der Waals surface area contributed by atoms with Gasteiger partial charge >= 0.3 is 0 Å². The zero-order chi connectivity index (χ0) is 20.8. The SMILES string of the molecule is CNC(=O)[C@@H](NC(=O)c1ccc(-c2ccc(CC(C)=O)cc2)o1)C1CCCCC1. The zero-order valence-electron chi connectivity index (χ0n) is 17.0. The molecule has 2 amide bonds. The van der Waals surface area contributed by atoms with Crippen LogP contribution in [-0.4, -0.2) is 30.7 Å². The summed E-state index contributed by atoms with van der Waals surface area (Å²) in [5, 5.41) is 5.53. The molecule has 1 aromatic carbocycles. The normalized spacial score (nSPS) is 15.5. The number of nitrogens with one attached hydrogen (secondary N) is 2. The molecule has 1 aromatic heterocycles. The number of Topliss-reactive ketones (excluding diaryl/α,β-unsaturated/α-hetero) is 1. The first-order valence-corrected chi connectivity index (χ1v) is 10.2. The predicted octanol–water partition coefficient (Wildman–Crippen LogP) is 3.50. The van der Waals surface area contributed by atoms with Crippen molar-refractivity contribution in [2.45, 2.75) is 51.5 Å². The number of benzene rings is 1. The number of furan rings is 1. The van der Waals surface area contributed by atoms with E-state index in [9.17, 15) is 14.4 Å². The molecule has 0 saturated heterocycles. The van der Waals surface area contributed by atoms with Gasteiger partial charge in [-0.3, -0.25) is 14.4 Å². The average Bonchev–Trinajstić information content (AvgIpc) is 3.22. The monoisotopic (exact) mass is 396 g/mol. The smallest absolute Gasteiger partial charge is 0.287 e. The molecule has 0 unspecified atom stereocenters. The lowest BCUT2D eigenvalue weighted by atomic mass is 9.83. The maximum absolute atomic E-state index is 12.7. The van der Waals surface area contributed by atoms with E-state index in [1.807, 2.05) is 24.3 Å². The Morgan fingerprint density at radius 2 is 1.72 bits per heavy atom. The number of carbonyl (C=O) groups is 3. The molecule has 2 N–H and O–H groups in total. The molecule has 6 heteroatoms. The van der Waals surface area contributed by atoms with E-state index in [2.05, 4.69) is 10.6 Å². The quantitative estimate of drug-likeness (QED) is 0.750. The van der Waals surface area contributed by atoms with Crippen LogP contribution in [0.15, 0.2) is 40.8 Å². The van der Waals surface area contributed by atoms with Crippen LogP contribution < -0.4 is 10.6 Å². The fourth-order valence-corrected chi connectivity index (χ4v) is 3.92. The molecular weight excluding hydrogens is 368 g/mol. The first-order chi connectivity index (χ1) is 14.0. The highest BCUT2D eigenvalue weighted by molar-refractivity contribution is 5.96. The number of carbonyl (C=O) groups excluding carboxylic acids is 3. The molecule has 0 radical (unpaired) electrons. The van der Waals surface area contributed by atoms with Crippen molar-refractivity contribution in [3.8, 4) is 11.3 Å². The molecule has 1 heterocycles. The number of hydrogen-bond donors (Lipinski definition) is 2. The highest BCUT2D eigenvalue weighted by Gasteiger charge is 2.31. The Morgan fingerprint density at radius 3 is 2.34 bits per heavy atom. The molecule has 1 aliphatic rings. The third-order valence-corrected chi connectivity index (χ3v) is 5.46. The van der Waals surface area contributed by atoms with Gasteiger partial charge in [-0.1, -0.05) is 43.5 Å². The van der Waals surface area contributed by atoms with Crippen LogP contribution >= 0.6 is 0 Å². The molecule has 0 bridgehead atoms. The Balaban J connectivity index is 1.70. The van der Waals surface area contributed by atoms with E-state index in [-0.39, 0.29) is 29.3 Å². The van der Waals surface area contributed by atoms with E-state index in [1.54, 1.807) is 26.1 Å². The summed E-state index contributed by atoms with van der Waals surface area (Å²) in [4.78, 5) is 36.3. The molecular formula is C23H28N2O4. The van der Waals surface area contributed by atoms with Crippen molar-refractivity contribution >= 4 is 17.6 Å². The Bertz CT molecular complexity index is 863. The number of hydrogen-bond acceptors (Lipinski definition) is 4. The Hall–Kier alpha value is -2.89. The van der Waals surface area contributed by atoms with Crippen LogP contribution in [0.3, 0.4) is 0 Å². The highest BCUT2D eigenvalue weighted by atomic mass is 16.4. The second-order valence-corrected chi connectivity index (χ2v) is 7.70.